The normalized spacial score (nSPS) is 18.8. The number of rotatable bonds is 3. The highest BCUT2D eigenvalue weighted by Crippen LogP contribution is 2.29. The first kappa shape index (κ1) is 17.0. The van der Waals surface area contributed by atoms with Crippen LogP contribution in [0.25, 0.3) is 11.1 Å². The van der Waals surface area contributed by atoms with E-state index in [1.54, 1.807) is 30.5 Å². The van der Waals surface area contributed by atoms with Crippen LogP contribution in [-0.2, 0) is 10.8 Å². The predicted octanol–water partition coefficient (Wildman–Crippen LogP) is 3.59. The van der Waals surface area contributed by atoms with Crippen LogP contribution >= 0.6 is 0 Å². The number of para-hydroxylation sites is 2. The number of amides is 1. The molecule has 3 aromatic rings. The molecule has 2 heterocycles. The van der Waals surface area contributed by atoms with Crippen LogP contribution in [0.5, 0.6) is 0 Å². The number of likely N-dealkylation sites (tertiary alicyclic amines) is 1. The molecule has 4 rings (SSSR count). The zero-order chi connectivity index (χ0) is 18.1. The van der Waals surface area contributed by atoms with Gasteiger partial charge in [0.1, 0.15) is 5.52 Å². The van der Waals surface area contributed by atoms with E-state index in [0.29, 0.717) is 18.0 Å². The number of benzene rings is 2. The third kappa shape index (κ3) is 3.29. The Kier molecular flexibility index (Phi) is 4.59. The monoisotopic (exact) mass is 368 g/mol. The standard InChI is InChI=1S/C20H20N2O3S/c1-26(24)16-10-8-14(9-11-16)20(23)22-12-4-5-15(13-22)19-21-17-6-2-3-7-18(17)25-19/h2-3,6-11,15H,4-5,12-13H2,1H3. The van der Waals surface area contributed by atoms with Gasteiger partial charge >= 0.3 is 0 Å². The van der Waals surface area contributed by atoms with Crippen LogP contribution in [0.2, 0.25) is 0 Å². The van der Waals surface area contributed by atoms with Gasteiger partial charge in [0, 0.05) is 40.6 Å². The summed E-state index contributed by atoms with van der Waals surface area (Å²) in [6, 6.07) is 14.7. The van der Waals surface area contributed by atoms with Gasteiger partial charge in [-0.25, -0.2) is 4.98 Å². The quantitative estimate of drug-likeness (QED) is 0.709. The van der Waals surface area contributed by atoms with Crippen LogP contribution in [0, 0.1) is 0 Å². The molecule has 2 aromatic carbocycles. The number of aromatic nitrogens is 1. The molecule has 1 aromatic heterocycles. The van der Waals surface area contributed by atoms with Crippen LogP contribution in [0.3, 0.4) is 0 Å². The molecule has 0 aliphatic carbocycles. The number of piperidine rings is 1. The summed E-state index contributed by atoms with van der Waals surface area (Å²) in [5.74, 6) is 0.821. The van der Waals surface area contributed by atoms with Crippen molar-refractivity contribution in [3.63, 3.8) is 0 Å². The number of hydrogen-bond acceptors (Lipinski definition) is 4. The van der Waals surface area contributed by atoms with E-state index in [-0.39, 0.29) is 11.8 Å². The maximum atomic E-state index is 12.8. The molecule has 2 unspecified atom stereocenters. The third-order valence-electron chi connectivity index (χ3n) is 4.80. The minimum atomic E-state index is -1.04. The smallest absolute Gasteiger partial charge is 0.253 e. The number of fused-ring (bicyclic) bond motifs is 1. The summed E-state index contributed by atoms with van der Waals surface area (Å²) in [7, 11) is -1.04. The molecule has 0 spiro atoms. The van der Waals surface area contributed by atoms with Gasteiger partial charge < -0.3 is 9.32 Å². The van der Waals surface area contributed by atoms with Crippen LogP contribution in [0.4, 0.5) is 0 Å². The molecule has 2 atom stereocenters. The van der Waals surface area contributed by atoms with Gasteiger partial charge in [-0.1, -0.05) is 12.1 Å². The zero-order valence-corrected chi connectivity index (χ0v) is 15.4. The molecule has 0 saturated carbocycles. The summed E-state index contributed by atoms with van der Waals surface area (Å²) in [6.07, 6.45) is 3.52. The van der Waals surface area contributed by atoms with Gasteiger partial charge in [0.05, 0.1) is 5.92 Å². The fourth-order valence-corrected chi connectivity index (χ4v) is 3.92. The van der Waals surface area contributed by atoms with E-state index < -0.39 is 10.8 Å². The Balaban J connectivity index is 1.52. The molecule has 26 heavy (non-hydrogen) atoms. The van der Waals surface area contributed by atoms with E-state index in [1.807, 2.05) is 29.2 Å². The largest absolute Gasteiger partial charge is 0.440 e. The van der Waals surface area contributed by atoms with Gasteiger partial charge in [0.2, 0.25) is 0 Å². The van der Waals surface area contributed by atoms with Gasteiger partial charge in [-0.05, 0) is 49.2 Å². The lowest BCUT2D eigenvalue weighted by Crippen LogP contribution is -2.39. The lowest BCUT2D eigenvalue weighted by atomic mass is 9.97. The summed E-state index contributed by atoms with van der Waals surface area (Å²) < 4.78 is 17.4. The molecule has 0 radical (unpaired) electrons. The number of oxazole rings is 1. The van der Waals surface area contributed by atoms with Crippen molar-refractivity contribution in [1.82, 2.24) is 9.88 Å². The highest BCUT2D eigenvalue weighted by atomic mass is 32.2. The second-order valence-corrected chi connectivity index (χ2v) is 7.97. The topological polar surface area (TPSA) is 63.4 Å². The molecule has 6 heteroatoms. The summed E-state index contributed by atoms with van der Waals surface area (Å²) in [4.78, 5) is 20.0. The first-order valence-electron chi connectivity index (χ1n) is 8.70. The molecule has 1 saturated heterocycles. The summed E-state index contributed by atoms with van der Waals surface area (Å²) in [6.45, 7) is 1.34. The maximum absolute atomic E-state index is 12.8. The average Bonchev–Trinajstić information content (AvgIpc) is 3.12. The molecule has 5 nitrogen and oxygen atoms in total. The molecule has 1 aliphatic rings. The molecule has 1 aliphatic heterocycles. The molecular formula is C20H20N2O3S. The lowest BCUT2D eigenvalue weighted by Gasteiger charge is -2.31. The highest BCUT2D eigenvalue weighted by molar-refractivity contribution is 7.84. The Hall–Kier alpha value is -2.47. The maximum Gasteiger partial charge on any atom is 0.253 e. The van der Waals surface area contributed by atoms with Gasteiger partial charge in [0.25, 0.3) is 5.91 Å². The van der Waals surface area contributed by atoms with Crippen molar-refractivity contribution in [2.45, 2.75) is 23.7 Å². The number of nitrogens with zero attached hydrogens (tertiary/aromatic N) is 2. The van der Waals surface area contributed by atoms with E-state index in [9.17, 15) is 9.00 Å². The zero-order valence-electron chi connectivity index (χ0n) is 14.6. The van der Waals surface area contributed by atoms with E-state index in [0.717, 1.165) is 35.4 Å². The molecule has 1 amide bonds. The van der Waals surface area contributed by atoms with Gasteiger partial charge in [0.15, 0.2) is 11.5 Å². The van der Waals surface area contributed by atoms with Crippen molar-refractivity contribution in [3.8, 4) is 0 Å². The van der Waals surface area contributed by atoms with Crippen molar-refractivity contribution < 1.29 is 13.4 Å². The van der Waals surface area contributed by atoms with Crippen LogP contribution in [0.15, 0.2) is 57.8 Å². The van der Waals surface area contributed by atoms with Crippen LogP contribution in [0.1, 0.15) is 35.0 Å². The van der Waals surface area contributed by atoms with Gasteiger partial charge in [-0.2, -0.15) is 0 Å². The van der Waals surface area contributed by atoms with Crippen molar-refractivity contribution in [3.05, 3.63) is 60.0 Å². The fourth-order valence-electron chi connectivity index (χ4n) is 3.40. The first-order chi connectivity index (χ1) is 12.6. The second-order valence-electron chi connectivity index (χ2n) is 6.59. The SMILES string of the molecule is CS(=O)c1ccc(C(=O)N2CCCC(c3nc4ccccc4o3)C2)cc1. The van der Waals surface area contributed by atoms with Crippen molar-refractivity contribution in [2.75, 3.05) is 19.3 Å². The van der Waals surface area contributed by atoms with Crippen molar-refractivity contribution >= 4 is 27.8 Å². The van der Waals surface area contributed by atoms with E-state index in [2.05, 4.69) is 4.98 Å². The van der Waals surface area contributed by atoms with Crippen molar-refractivity contribution in [2.24, 2.45) is 0 Å². The molecule has 1 fully saturated rings. The van der Waals surface area contributed by atoms with Crippen LogP contribution < -0.4 is 0 Å². The fraction of sp³-hybridized carbons (Fsp3) is 0.300. The minimum absolute atomic E-state index is 0.000698. The predicted molar refractivity (Wildman–Crippen MR) is 101 cm³/mol. The molecule has 134 valence electrons. The Morgan fingerprint density at radius 1 is 1.19 bits per heavy atom. The minimum Gasteiger partial charge on any atom is -0.440 e. The second kappa shape index (κ2) is 7.03. The Morgan fingerprint density at radius 3 is 2.69 bits per heavy atom. The Bertz CT molecular complexity index is 932. The molecular weight excluding hydrogens is 348 g/mol. The average molecular weight is 368 g/mol. The number of carbonyl (C=O) groups is 1. The molecule has 0 bridgehead atoms. The highest BCUT2D eigenvalue weighted by Gasteiger charge is 2.28. The number of hydrogen-bond donors (Lipinski definition) is 0. The summed E-state index contributed by atoms with van der Waals surface area (Å²) in [5, 5.41) is 0. The Labute approximate surface area is 154 Å². The van der Waals surface area contributed by atoms with Gasteiger partial charge in [-0.3, -0.25) is 9.00 Å². The van der Waals surface area contributed by atoms with E-state index in [4.69, 9.17) is 4.42 Å². The van der Waals surface area contributed by atoms with Gasteiger partial charge in [-0.15, -0.1) is 0 Å². The number of carbonyl (C=O) groups excluding carboxylic acids is 1. The third-order valence-corrected chi connectivity index (χ3v) is 5.74. The molecule has 0 N–H and O–H groups in total. The van der Waals surface area contributed by atoms with Crippen LogP contribution in [-0.4, -0.2) is 39.3 Å². The van der Waals surface area contributed by atoms with E-state index in [1.165, 1.54) is 0 Å². The van der Waals surface area contributed by atoms with Crippen molar-refractivity contribution in [1.29, 1.82) is 0 Å². The van der Waals surface area contributed by atoms with E-state index >= 15 is 0 Å². The summed E-state index contributed by atoms with van der Waals surface area (Å²) in [5.41, 5.74) is 2.26. The summed E-state index contributed by atoms with van der Waals surface area (Å²) >= 11 is 0. The first-order valence-corrected chi connectivity index (χ1v) is 10.3. The lowest BCUT2D eigenvalue weighted by molar-refractivity contribution is 0.0699. The Morgan fingerprint density at radius 2 is 1.96 bits per heavy atom.